The lowest BCUT2D eigenvalue weighted by molar-refractivity contribution is 0.402. The monoisotopic (exact) mass is 284 g/mol. The highest BCUT2D eigenvalue weighted by molar-refractivity contribution is 5.40. The van der Waals surface area contributed by atoms with Crippen LogP contribution in [0, 0.1) is 0 Å². The van der Waals surface area contributed by atoms with Crippen LogP contribution in [0.1, 0.15) is 49.4 Å². The Morgan fingerprint density at radius 3 is 2.33 bits per heavy atom. The predicted octanol–water partition coefficient (Wildman–Crippen LogP) is 3.91. The van der Waals surface area contributed by atoms with Gasteiger partial charge in [-0.15, -0.1) is 0 Å². The van der Waals surface area contributed by atoms with E-state index < -0.39 is 0 Å². The summed E-state index contributed by atoms with van der Waals surface area (Å²) in [7, 11) is 1.69. The molecule has 1 aromatic heterocycles. The van der Waals surface area contributed by atoms with Crippen molar-refractivity contribution in [2.75, 3.05) is 13.7 Å². The molecule has 1 aromatic carbocycles. The van der Waals surface area contributed by atoms with Crippen LogP contribution in [-0.2, 0) is 0 Å². The molecule has 0 aliphatic carbocycles. The first-order valence-corrected chi connectivity index (χ1v) is 7.48. The number of aromatic nitrogens is 1. The van der Waals surface area contributed by atoms with Gasteiger partial charge in [0.2, 0.25) is 0 Å². The first-order valence-electron chi connectivity index (χ1n) is 7.48. The Morgan fingerprint density at radius 2 is 1.76 bits per heavy atom. The van der Waals surface area contributed by atoms with Crippen molar-refractivity contribution >= 4 is 0 Å². The average Bonchev–Trinajstić information content (AvgIpc) is 2.52. The zero-order chi connectivity index (χ0) is 15.2. The number of benzene rings is 1. The van der Waals surface area contributed by atoms with E-state index in [4.69, 9.17) is 4.74 Å². The van der Waals surface area contributed by atoms with Gasteiger partial charge in [-0.2, -0.15) is 0 Å². The Bertz CT molecular complexity index is 564. The Hall–Kier alpha value is -1.87. The van der Waals surface area contributed by atoms with Crippen LogP contribution in [-0.4, -0.2) is 18.6 Å². The Balaban J connectivity index is 2.38. The lowest BCUT2D eigenvalue weighted by atomic mass is 9.95. The van der Waals surface area contributed by atoms with Crippen molar-refractivity contribution in [3.05, 3.63) is 59.4 Å². The van der Waals surface area contributed by atoms with E-state index in [1.165, 1.54) is 11.1 Å². The molecule has 1 N–H and O–H groups in total. The van der Waals surface area contributed by atoms with Gasteiger partial charge >= 0.3 is 0 Å². The number of rotatable bonds is 6. The minimum Gasteiger partial charge on any atom is -0.495 e. The Kier molecular flexibility index (Phi) is 5.34. The third-order valence-electron chi connectivity index (χ3n) is 3.69. The molecule has 0 saturated heterocycles. The number of nitrogens with zero attached hydrogens (tertiary/aromatic N) is 1. The molecule has 1 heterocycles. The van der Waals surface area contributed by atoms with Gasteiger partial charge in [0.15, 0.2) is 0 Å². The average molecular weight is 284 g/mol. The highest BCUT2D eigenvalue weighted by Gasteiger charge is 2.17. The summed E-state index contributed by atoms with van der Waals surface area (Å²) in [4.78, 5) is 4.14. The van der Waals surface area contributed by atoms with Crippen molar-refractivity contribution in [1.29, 1.82) is 0 Å². The van der Waals surface area contributed by atoms with E-state index in [0.29, 0.717) is 5.92 Å². The van der Waals surface area contributed by atoms with Crippen molar-refractivity contribution in [2.45, 2.75) is 32.7 Å². The topological polar surface area (TPSA) is 34.2 Å². The molecule has 3 heteroatoms. The van der Waals surface area contributed by atoms with Gasteiger partial charge in [-0.05, 0) is 29.7 Å². The van der Waals surface area contributed by atoms with E-state index >= 15 is 0 Å². The summed E-state index contributed by atoms with van der Waals surface area (Å²) < 4.78 is 5.45. The number of hydrogen-bond donors (Lipinski definition) is 1. The first kappa shape index (κ1) is 15.5. The van der Waals surface area contributed by atoms with Gasteiger partial charge in [-0.25, -0.2) is 0 Å². The Morgan fingerprint density at radius 1 is 1.10 bits per heavy atom. The van der Waals surface area contributed by atoms with Gasteiger partial charge in [0.25, 0.3) is 0 Å². The number of nitrogens with one attached hydrogen (secondary N) is 1. The van der Waals surface area contributed by atoms with Crippen LogP contribution in [0.3, 0.4) is 0 Å². The largest absolute Gasteiger partial charge is 0.495 e. The maximum atomic E-state index is 5.45. The van der Waals surface area contributed by atoms with Crippen molar-refractivity contribution in [3.8, 4) is 5.75 Å². The summed E-state index contributed by atoms with van der Waals surface area (Å²) in [5.41, 5.74) is 3.72. The van der Waals surface area contributed by atoms with Gasteiger partial charge in [0.1, 0.15) is 5.75 Å². The summed E-state index contributed by atoms with van der Waals surface area (Å²) in [5.74, 6) is 1.36. The molecule has 2 rings (SSSR count). The summed E-state index contributed by atoms with van der Waals surface area (Å²) in [6, 6.07) is 10.9. The lowest BCUT2D eigenvalue weighted by Crippen LogP contribution is -2.22. The minimum atomic E-state index is 0.120. The number of pyridine rings is 1. The van der Waals surface area contributed by atoms with E-state index in [1.54, 1.807) is 13.3 Å². The fraction of sp³-hybridized carbons (Fsp3) is 0.389. The fourth-order valence-corrected chi connectivity index (χ4v) is 2.48. The molecule has 0 aliphatic heterocycles. The van der Waals surface area contributed by atoms with Crippen LogP contribution >= 0.6 is 0 Å². The van der Waals surface area contributed by atoms with Crippen LogP contribution in [0.25, 0.3) is 0 Å². The van der Waals surface area contributed by atoms with Crippen molar-refractivity contribution in [1.82, 2.24) is 10.3 Å². The molecule has 3 nitrogen and oxygen atoms in total. The van der Waals surface area contributed by atoms with E-state index in [2.05, 4.69) is 55.3 Å². The van der Waals surface area contributed by atoms with Gasteiger partial charge in [0, 0.05) is 11.8 Å². The summed E-state index contributed by atoms with van der Waals surface area (Å²) >= 11 is 0. The SMILES string of the molecule is CCNC(c1ccc(C(C)C)cc1)c1ccncc1OC. The first-order chi connectivity index (χ1) is 10.2. The second kappa shape index (κ2) is 7.23. The molecule has 2 aromatic rings. The molecule has 1 unspecified atom stereocenters. The zero-order valence-corrected chi connectivity index (χ0v) is 13.3. The molecule has 0 fully saturated rings. The van der Waals surface area contributed by atoms with Crippen molar-refractivity contribution in [3.63, 3.8) is 0 Å². The molecular weight excluding hydrogens is 260 g/mol. The molecule has 0 spiro atoms. The predicted molar refractivity (Wildman–Crippen MR) is 86.8 cm³/mol. The van der Waals surface area contributed by atoms with Gasteiger partial charge < -0.3 is 10.1 Å². The fourth-order valence-electron chi connectivity index (χ4n) is 2.48. The number of hydrogen-bond acceptors (Lipinski definition) is 3. The van der Waals surface area contributed by atoms with E-state index in [1.807, 2.05) is 12.3 Å². The molecule has 0 saturated carbocycles. The van der Waals surface area contributed by atoms with Crippen LogP contribution in [0.5, 0.6) is 5.75 Å². The minimum absolute atomic E-state index is 0.120. The van der Waals surface area contributed by atoms with Crippen LogP contribution < -0.4 is 10.1 Å². The molecule has 0 amide bonds. The number of ether oxygens (including phenoxy) is 1. The smallest absolute Gasteiger partial charge is 0.142 e. The molecule has 0 bridgehead atoms. The number of methoxy groups -OCH3 is 1. The molecular formula is C18H24N2O. The van der Waals surface area contributed by atoms with Gasteiger partial charge in [-0.3, -0.25) is 4.98 Å². The zero-order valence-electron chi connectivity index (χ0n) is 13.3. The lowest BCUT2D eigenvalue weighted by Gasteiger charge is -2.21. The summed E-state index contributed by atoms with van der Waals surface area (Å²) in [6.07, 6.45) is 3.58. The maximum Gasteiger partial charge on any atom is 0.142 e. The summed E-state index contributed by atoms with van der Waals surface area (Å²) in [5, 5.41) is 3.53. The highest BCUT2D eigenvalue weighted by Crippen LogP contribution is 2.29. The van der Waals surface area contributed by atoms with Gasteiger partial charge in [0.05, 0.1) is 19.3 Å². The Labute approximate surface area is 127 Å². The maximum absolute atomic E-state index is 5.45. The van der Waals surface area contributed by atoms with Crippen molar-refractivity contribution < 1.29 is 4.74 Å². The molecule has 1 atom stereocenters. The highest BCUT2D eigenvalue weighted by atomic mass is 16.5. The van der Waals surface area contributed by atoms with E-state index in [-0.39, 0.29) is 6.04 Å². The molecule has 21 heavy (non-hydrogen) atoms. The summed E-state index contributed by atoms with van der Waals surface area (Å²) in [6.45, 7) is 7.43. The molecule has 0 radical (unpaired) electrons. The third kappa shape index (κ3) is 3.61. The van der Waals surface area contributed by atoms with Crippen LogP contribution in [0.4, 0.5) is 0 Å². The van der Waals surface area contributed by atoms with E-state index in [9.17, 15) is 0 Å². The van der Waals surface area contributed by atoms with Crippen molar-refractivity contribution in [2.24, 2.45) is 0 Å². The molecule has 0 aliphatic rings. The van der Waals surface area contributed by atoms with Crippen LogP contribution in [0.15, 0.2) is 42.7 Å². The second-order valence-corrected chi connectivity index (χ2v) is 5.43. The van der Waals surface area contributed by atoms with E-state index in [0.717, 1.165) is 17.9 Å². The second-order valence-electron chi connectivity index (χ2n) is 5.43. The quantitative estimate of drug-likeness (QED) is 0.873. The standard InChI is InChI=1S/C18H24N2O/c1-5-20-18(16-10-11-19-12-17(16)21-4)15-8-6-14(7-9-15)13(2)3/h6-13,18,20H,5H2,1-4H3. The normalized spacial score (nSPS) is 12.4. The third-order valence-corrected chi connectivity index (χ3v) is 3.69. The van der Waals surface area contributed by atoms with Gasteiger partial charge in [-0.1, -0.05) is 45.0 Å². The van der Waals surface area contributed by atoms with Crippen LogP contribution in [0.2, 0.25) is 0 Å². The molecule has 112 valence electrons.